The molecule has 1 aliphatic carbocycles. The summed E-state index contributed by atoms with van der Waals surface area (Å²) in [7, 11) is 0. The minimum Gasteiger partial charge on any atom is -0.212 e. The second-order valence-corrected chi connectivity index (χ2v) is 16.2. The Balaban J connectivity index is -0.000000339. The molecule has 0 aromatic heterocycles. The maximum Gasteiger partial charge on any atom is 0.0999 e. The van der Waals surface area contributed by atoms with E-state index in [1.54, 1.807) is 19.1 Å². The SMILES string of the molecule is C=C(C)C1CC1CCCCCCC.C=CC.C=CC(C)C(=C)/C=C(/F)CC.C=CCC(C)C(C)CCCC.CC.CC.CC.Cc1ccc2c(c1)cc(C)c1ccc(C)cc12. The van der Waals surface area contributed by atoms with E-state index in [0.717, 1.165) is 29.2 Å². The van der Waals surface area contributed by atoms with E-state index in [2.05, 4.69) is 131 Å². The molecule has 0 spiro atoms. The zero-order valence-electron chi connectivity index (χ0n) is 43.6. The van der Waals surface area contributed by atoms with Crippen LogP contribution in [0, 0.1) is 50.4 Å². The molecule has 0 amide bonds. The molecule has 5 atom stereocenters. The third kappa shape index (κ3) is 30.3. The van der Waals surface area contributed by atoms with Crippen LogP contribution in [-0.4, -0.2) is 0 Å². The molecule has 3 aromatic carbocycles. The molecule has 0 aliphatic heterocycles. The molecule has 4 rings (SSSR count). The quantitative estimate of drug-likeness (QED) is 0.0550. The molecule has 0 N–H and O–H groups in total. The molecule has 1 saturated carbocycles. The highest BCUT2D eigenvalue weighted by Gasteiger charge is 2.36. The Morgan fingerprint density at radius 3 is 1.72 bits per heavy atom. The van der Waals surface area contributed by atoms with Crippen LogP contribution in [0.3, 0.4) is 0 Å². The monoisotopic (exact) mass is 841 g/mol. The number of halogens is 1. The third-order valence-electron chi connectivity index (χ3n) is 10.8. The average Bonchev–Trinajstić information content (AvgIpc) is 4.05. The van der Waals surface area contributed by atoms with Crippen molar-refractivity contribution in [1.82, 2.24) is 0 Å². The third-order valence-corrected chi connectivity index (χ3v) is 10.8. The summed E-state index contributed by atoms with van der Waals surface area (Å²) in [6.07, 6.45) is 22.7. The van der Waals surface area contributed by atoms with Gasteiger partial charge in [0.05, 0.1) is 5.83 Å². The Kier molecular flexibility index (Phi) is 44.1. The molecular formula is C60H101F. The summed E-state index contributed by atoms with van der Waals surface area (Å²) in [5.41, 5.74) is 6.20. The summed E-state index contributed by atoms with van der Waals surface area (Å²) in [5, 5.41) is 5.45. The summed E-state index contributed by atoms with van der Waals surface area (Å²) in [6, 6.07) is 15.7. The summed E-state index contributed by atoms with van der Waals surface area (Å²) in [6.45, 7) is 54.0. The fourth-order valence-corrected chi connectivity index (χ4v) is 6.65. The first-order valence-electron chi connectivity index (χ1n) is 24.6. The number of hydrogen-bond acceptors (Lipinski definition) is 0. The van der Waals surface area contributed by atoms with Crippen molar-refractivity contribution in [3.63, 3.8) is 0 Å². The lowest BCUT2D eigenvalue weighted by Crippen LogP contribution is -2.06. The Morgan fingerprint density at radius 2 is 1.25 bits per heavy atom. The zero-order valence-corrected chi connectivity index (χ0v) is 43.6. The van der Waals surface area contributed by atoms with E-state index in [1.165, 1.54) is 121 Å². The second-order valence-electron chi connectivity index (χ2n) is 16.2. The fourth-order valence-electron chi connectivity index (χ4n) is 6.65. The molecule has 0 radical (unpaired) electrons. The van der Waals surface area contributed by atoms with E-state index in [-0.39, 0.29) is 11.7 Å². The molecule has 1 heteroatoms. The van der Waals surface area contributed by atoms with Crippen LogP contribution in [0.1, 0.15) is 191 Å². The average molecular weight is 841 g/mol. The van der Waals surface area contributed by atoms with E-state index in [0.29, 0.717) is 6.42 Å². The van der Waals surface area contributed by atoms with Gasteiger partial charge in [-0.05, 0) is 129 Å². The first kappa shape index (κ1) is 64.2. The number of rotatable bonds is 17. The Hall–Kier alpha value is -3.45. The molecule has 1 aliphatic rings. The van der Waals surface area contributed by atoms with Crippen LogP contribution in [0.15, 0.2) is 117 Å². The van der Waals surface area contributed by atoms with Crippen LogP contribution in [0.2, 0.25) is 0 Å². The highest BCUT2D eigenvalue weighted by Crippen LogP contribution is 2.46. The normalized spacial score (nSPS) is 14.6. The van der Waals surface area contributed by atoms with E-state index in [9.17, 15) is 4.39 Å². The van der Waals surface area contributed by atoms with Gasteiger partial charge in [0.2, 0.25) is 0 Å². The molecule has 0 heterocycles. The zero-order chi connectivity index (χ0) is 47.9. The van der Waals surface area contributed by atoms with E-state index < -0.39 is 0 Å². The summed E-state index contributed by atoms with van der Waals surface area (Å²) in [4.78, 5) is 0. The number of fused-ring (bicyclic) bond motifs is 3. The first-order chi connectivity index (χ1) is 29.1. The minimum absolute atomic E-state index is 0.122. The molecule has 348 valence electrons. The summed E-state index contributed by atoms with van der Waals surface area (Å²) >= 11 is 0. The predicted molar refractivity (Wildman–Crippen MR) is 286 cm³/mol. The number of allylic oxidation sites excluding steroid dienone is 7. The number of aryl methyl sites for hydroxylation is 3. The van der Waals surface area contributed by atoms with Gasteiger partial charge in [-0.25, -0.2) is 4.39 Å². The van der Waals surface area contributed by atoms with Gasteiger partial charge in [-0.2, -0.15) is 0 Å². The van der Waals surface area contributed by atoms with Crippen molar-refractivity contribution in [3.8, 4) is 0 Å². The van der Waals surface area contributed by atoms with Crippen molar-refractivity contribution in [1.29, 1.82) is 0 Å². The van der Waals surface area contributed by atoms with Crippen LogP contribution in [0.4, 0.5) is 4.39 Å². The van der Waals surface area contributed by atoms with Crippen molar-refractivity contribution in [2.75, 3.05) is 0 Å². The Morgan fingerprint density at radius 1 is 0.721 bits per heavy atom. The number of benzene rings is 3. The van der Waals surface area contributed by atoms with Gasteiger partial charge in [0, 0.05) is 0 Å². The van der Waals surface area contributed by atoms with E-state index >= 15 is 0 Å². The van der Waals surface area contributed by atoms with Crippen molar-refractivity contribution in [2.45, 2.75) is 195 Å². The van der Waals surface area contributed by atoms with Crippen LogP contribution in [-0.2, 0) is 0 Å². The highest BCUT2D eigenvalue weighted by molar-refractivity contribution is 6.09. The molecular weight excluding hydrogens is 740 g/mol. The van der Waals surface area contributed by atoms with Gasteiger partial charge in [-0.3, -0.25) is 0 Å². The van der Waals surface area contributed by atoms with Crippen molar-refractivity contribution in [2.24, 2.45) is 29.6 Å². The van der Waals surface area contributed by atoms with Crippen molar-refractivity contribution < 1.29 is 4.39 Å². The van der Waals surface area contributed by atoms with Crippen molar-refractivity contribution >= 4 is 21.5 Å². The standard InChI is InChI=1S/C17H16.C13H24.C11H22.C10H15F.C3H6.3C2H6/c1-11-5-7-16-14(8-11)10-13(3)15-6-4-12(2)9-17(15)16;1-4-5-6-7-8-9-12-10-13(12)11(2)3;1-5-7-9-11(4)10(3)8-6-2;1-5-8(3)9(4)7-10(11)6-2;1-3-2;3*1-2/h4-10H,1-3H3;12-13H,2,4-10H2,1,3H3;6,10-11H,2,5,7-9H2,1,3-4H3;5,7-8H,1,4,6H2,2-3H3;3H,1H2,2H3;3*1-2H3/b;;;10-7+;;;;. The van der Waals surface area contributed by atoms with Gasteiger partial charge in [0.1, 0.15) is 0 Å². The Labute approximate surface area is 382 Å². The van der Waals surface area contributed by atoms with Gasteiger partial charge >= 0.3 is 0 Å². The Bertz CT molecular complexity index is 1600. The summed E-state index contributed by atoms with van der Waals surface area (Å²) in [5.74, 6) is 3.63. The number of hydrogen-bond donors (Lipinski definition) is 0. The second kappa shape index (κ2) is 41.9. The fraction of sp³-hybridized carbons (Fsp3) is 0.567. The largest absolute Gasteiger partial charge is 0.212 e. The van der Waals surface area contributed by atoms with Gasteiger partial charge in [-0.15, -0.1) is 19.7 Å². The maximum absolute atomic E-state index is 12.6. The van der Waals surface area contributed by atoms with Crippen LogP contribution in [0.5, 0.6) is 0 Å². The molecule has 1 fully saturated rings. The molecule has 3 aromatic rings. The summed E-state index contributed by atoms with van der Waals surface area (Å²) < 4.78 is 12.6. The van der Waals surface area contributed by atoms with Crippen LogP contribution >= 0.6 is 0 Å². The smallest absolute Gasteiger partial charge is 0.0999 e. The molecule has 0 nitrogen and oxygen atoms in total. The lowest BCUT2D eigenvalue weighted by molar-refractivity contribution is 0.358. The van der Waals surface area contributed by atoms with Gasteiger partial charge in [0.15, 0.2) is 0 Å². The van der Waals surface area contributed by atoms with Crippen LogP contribution in [0.25, 0.3) is 21.5 Å². The van der Waals surface area contributed by atoms with Crippen LogP contribution < -0.4 is 0 Å². The first-order valence-corrected chi connectivity index (χ1v) is 24.6. The van der Waals surface area contributed by atoms with Gasteiger partial charge in [-0.1, -0.05) is 225 Å². The number of unbranched alkanes of at least 4 members (excludes halogenated alkanes) is 5. The maximum atomic E-state index is 12.6. The predicted octanol–water partition coefficient (Wildman–Crippen LogP) is 21.4. The lowest BCUT2D eigenvalue weighted by atomic mass is 9.89. The molecule has 0 saturated heterocycles. The minimum atomic E-state index is -0.122. The van der Waals surface area contributed by atoms with Gasteiger partial charge in [0.25, 0.3) is 0 Å². The van der Waals surface area contributed by atoms with Gasteiger partial charge < -0.3 is 0 Å². The highest BCUT2D eigenvalue weighted by atomic mass is 19.1. The molecule has 5 unspecified atom stereocenters. The lowest BCUT2D eigenvalue weighted by Gasteiger charge is -2.17. The molecule has 61 heavy (non-hydrogen) atoms. The van der Waals surface area contributed by atoms with Crippen molar-refractivity contribution in [3.05, 3.63) is 133 Å². The molecule has 0 bridgehead atoms. The van der Waals surface area contributed by atoms with E-state index in [1.807, 2.05) is 61.5 Å². The topological polar surface area (TPSA) is 0 Å². The van der Waals surface area contributed by atoms with E-state index in [4.69, 9.17) is 0 Å².